The van der Waals surface area contributed by atoms with Gasteiger partial charge in [-0.15, -0.1) is 0 Å². The standard InChI is InChI=1S/C12H23NO2/c14-11-12(4-2-1-3-5-12)10-13-6-8-15-9-7-13/h14H,1-11H2. The van der Waals surface area contributed by atoms with E-state index >= 15 is 0 Å². The molecule has 0 amide bonds. The van der Waals surface area contributed by atoms with Crippen LogP contribution in [0.1, 0.15) is 32.1 Å². The van der Waals surface area contributed by atoms with Crippen LogP contribution in [0, 0.1) is 5.41 Å². The van der Waals surface area contributed by atoms with Gasteiger partial charge in [-0.3, -0.25) is 4.90 Å². The molecule has 0 radical (unpaired) electrons. The number of aliphatic hydroxyl groups is 1. The average molecular weight is 213 g/mol. The van der Waals surface area contributed by atoms with E-state index in [1.807, 2.05) is 0 Å². The zero-order valence-electron chi connectivity index (χ0n) is 9.58. The Morgan fingerprint density at radius 2 is 1.73 bits per heavy atom. The number of hydrogen-bond acceptors (Lipinski definition) is 3. The topological polar surface area (TPSA) is 32.7 Å². The third-order valence-electron chi connectivity index (χ3n) is 3.91. The Kier molecular flexibility index (Phi) is 4.00. The second-order valence-electron chi connectivity index (χ2n) is 5.11. The van der Waals surface area contributed by atoms with E-state index in [0.29, 0.717) is 6.61 Å². The average Bonchev–Trinajstić information content (AvgIpc) is 2.32. The molecule has 15 heavy (non-hydrogen) atoms. The Morgan fingerprint density at radius 3 is 2.33 bits per heavy atom. The molecule has 0 aromatic carbocycles. The predicted octanol–water partition coefficient (Wildman–Crippen LogP) is 1.26. The third kappa shape index (κ3) is 2.92. The molecule has 0 atom stereocenters. The van der Waals surface area contributed by atoms with Crippen molar-refractivity contribution in [2.24, 2.45) is 5.41 Å². The lowest BCUT2D eigenvalue weighted by Crippen LogP contribution is -2.46. The summed E-state index contributed by atoms with van der Waals surface area (Å²) in [6.45, 7) is 5.25. The van der Waals surface area contributed by atoms with E-state index in [9.17, 15) is 5.11 Å². The van der Waals surface area contributed by atoms with Gasteiger partial charge in [0.05, 0.1) is 13.2 Å². The molecule has 1 heterocycles. The Balaban J connectivity index is 1.87. The molecule has 0 bridgehead atoms. The third-order valence-corrected chi connectivity index (χ3v) is 3.91. The summed E-state index contributed by atoms with van der Waals surface area (Å²) >= 11 is 0. The molecule has 0 spiro atoms. The fourth-order valence-corrected chi connectivity index (χ4v) is 2.90. The van der Waals surface area contributed by atoms with Gasteiger partial charge < -0.3 is 9.84 Å². The van der Waals surface area contributed by atoms with Crippen molar-refractivity contribution in [2.45, 2.75) is 32.1 Å². The highest BCUT2D eigenvalue weighted by Crippen LogP contribution is 2.36. The van der Waals surface area contributed by atoms with Crippen LogP contribution in [0.3, 0.4) is 0 Å². The Bertz CT molecular complexity index is 184. The number of morpholine rings is 1. The Morgan fingerprint density at radius 1 is 1.07 bits per heavy atom. The van der Waals surface area contributed by atoms with E-state index in [1.54, 1.807) is 0 Å². The molecule has 0 aromatic heterocycles. The molecule has 3 nitrogen and oxygen atoms in total. The SMILES string of the molecule is OCC1(CN2CCOCC2)CCCCC1. The van der Waals surface area contributed by atoms with Crippen molar-refractivity contribution in [3.63, 3.8) is 0 Å². The van der Waals surface area contributed by atoms with E-state index in [0.717, 1.165) is 32.8 Å². The molecule has 3 heteroatoms. The lowest BCUT2D eigenvalue weighted by molar-refractivity contribution is -0.0113. The Labute approximate surface area is 92.4 Å². The van der Waals surface area contributed by atoms with Crippen LogP contribution in [-0.2, 0) is 4.74 Å². The minimum Gasteiger partial charge on any atom is -0.396 e. The molecule has 1 saturated carbocycles. The van der Waals surface area contributed by atoms with Crippen LogP contribution in [-0.4, -0.2) is 49.5 Å². The van der Waals surface area contributed by atoms with Gasteiger partial charge in [0.25, 0.3) is 0 Å². The number of rotatable bonds is 3. The molecule has 2 fully saturated rings. The summed E-state index contributed by atoms with van der Waals surface area (Å²) in [5, 5.41) is 9.61. The molecule has 0 aromatic rings. The van der Waals surface area contributed by atoms with Crippen LogP contribution >= 0.6 is 0 Å². The highest BCUT2D eigenvalue weighted by Gasteiger charge is 2.33. The summed E-state index contributed by atoms with van der Waals surface area (Å²) < 4.78 is 5.35. The number of nitrogens with zero attached hydrogens (tertiary/aromatic N) is 1. The van der Waals surface area contributed by atoms with Crippen LogP contribution in [0.25, 0.3) is 0 Å². The van der Waals surface area contributed by atoms with E-state index in [-0.39, 0.29) is 5.41 Å². The molecule has 0 unspecified atom stereocenters. The zero-order chi connectivity index (χ0) is 10.6. The van der Waals surface area contributed by atoms with Gasteiger partial charge in [-0.2, -0.15) is 0 Å². The molecular formula is C12H23NO2. The summed E-state index contributed by atoms with van der Waals surface area (Å²) in [6.07, 6.45) is 6.36. The van der Waals surface area contributed by atoms with E-state index < -0.39 is 0 Å². The minimum atomic E-state index is 0.204. The summed E-state index contributed by atoms with van der Waals surface area (Å²) in [4.78, 5) is 2.46. The van der Waals surface area contributed by atoms with Gasteiger partial charge >= 0.3 is 0 Å². The first-order chi connectivity index (χ1) is 7.35. The molecule has 1 aliphatic carbocycles. The van der Waals surface area contributed by atoms with Crippen molar-refractivity contribution in [2.75, 3.05) is 39.5 Å². The molecule has 1 saturated heterocycles. The van der Waals surface area contributed by atoms with Crippen molar-refractivity contribution in [3.05, 3.63) is 0 Å². The number of aliphatic hydroxyl groups excluding tert-OH is 1. The van der Waals surface area contributed by atoms with Crippen molar-refractivity contribution in [1.29, 1.82) is 0 Å². The fraction of sp³-hybridized carbons (Fsp3) is 1.00. The summed E-state index contributed by atoms with van der Waals surface area (Å²) in [7, 11) is 0. The zero-order valence-corrected chi connectivity index (χ0v) is 9.58. The molecule has 2 rings (SSSR count). The second kappa shape index (κ2) is 5.28. The van der Waals surface area contributed by atoms with Gasteiger partial charge in [-0.05, 0) is 12.8 Å². The highest BCUT2D eigenvalue weighted by atomic mass is 16.5. The lowest BCUT2D eigenvalue weighted by atomic mass is 9.74. The summed E-state index contributed by atoms with van der Waals surface area (Å²) in [5.41, 5.74) is 0.204. The van der Waals surface area contributed by atoms with Gasteiger partial charge in [0.1, 0.15) is 0 Å². The molecule has 2 aliphatic rings. The monoisotopic (exact) mass is 213 g/mol. The van der Waals surface area contributed by atoms with Crippen molar-refractivity contribution < 1.29 is 9.84 Å². The first-order valence-corrected chi connectivity index (χ1v) is 6.26. The second-order valence-corrected chi connectivity index (χ2v) is 5.11. The molecule has 88 valence electrons. The highest BCUT2D eigenvalue weighted by molar-refractivity contribution is 4.85. The van der Waals surface area contributed by atoms with Gasteiger partial charge in [0, 0.05) is 31.7 Å². The first kappa shape index (κ1) is 11.4. The first-order valence-electron chi connectivity index (χ1n) is 6.26. The van der Waals surface area contributed by atoms with Gasteiger partial charge in [0.2, 0.25) is 0 Å². The van der Waals surface area contributed by atoms with Crippen LogP contribution in [0.15, 0.2) is 0 Å². The molecular weight excluding hydrogens is 190 g/mol. The Hall–Kier alpha value is -0.120. The molecule has 1 N–H and O–H groups in total. The number of hydrogen-bond donors (Lipinski definition) is 1. The van der Waals surface area contributed by atoms with Crippen molar-refractivity contribution in [1.82, 2.24) is 4.90 Å². The van der Waals surface area contributed by atoms with E-state index in [1.165, 1.54) is 32.1 Å². The maximum atomic E-state index is 9.61. The van der Waals surface area contributed by atoms with Gasteiger partial charge in [0.15, 0.2) is 0 Å². The maximum absolute atomic E-state index is 9.61. The minimum absolute atomic E-state index is 0.204. The van der Waals surface area contributed by atoms with Crippen LogP contribution < -0.4 is 0 Å². The predicted molar refractivity (Wildman–Crippen MR) is 59.9 cm³/mol. The summed E-state index contributed by atoms with van der Waals surface area (Å²) in [6, 6.07) is 0. The largest absolute Gasteiger partial charge is 0.396 e. The van der Waals surface area contributed by atoms with Crippen molar-refractivity contribution >= 4 is 0 Å². The van der Waals surface area contributed by atoms with Gasteiger partial charge in [-0.25, -0.2) is 0 Å². The van der Waals surface area contributed by atoms with Gasteiger partial charge in [-0.1, -0.05) is 19.3 Å². The van der Waals surface area contributed by atoms with E-state index in [2.05, 4.69) is 4.90 Å². The fourth-order valence-electron chi connectivity index (χ4n) is 2.90. The number of ether oxygens (including phenoxy) is 1. The summed E-state index contributed by atoms with van der Waals surface area (Å²) in [5.74, 6) is 0. The normalized spacial score (nSPS) is 27.8. The van der Waals surface area contributed by atoms with Crippen LogP contribution in [0.5, 0.6) is 0 Å². The van der Waals surface area contributed by atoms with E-state index in [4.69, 9.17) is 4.74 Å². The van der Waals surface area contributed by atoms with Crippen LogP contribution in [0.4, 0.5) is 0 Å². The van der Waals surface area contributed by atoms with Crippen molar-refractivity contribution in [3.8, 4) is 0 Å². The smallest absolute Gasteiger partial charge is 0.0594 e. The molecule has 1 aliphatic heterocycles. The lowest BCUT2D eigenvalue weighted by Gasteiger charge is -2.41. The maximum Gasteiger partial charge on any atom is 0.0594 e. The quantitative estimate of drug-likeness (QED) is 0.766. The van der Waals surface area contributed by atoms with Crippen LogP contribution in [0.2, 0.25) is 0 Å².